The van der Waals surface area contributed by atoms with Gasteiger partial charge in [0.25, 0.3) is 10.0 Å². The molecule has 1 aromatic carbocycles. The van der Waals surface area contributed by atoms with Gasteiger partial charge in [-0.2, -0.15) is 23.2 Å². The van der Waals surface area contributed by atoms with Crippen LogP contribution in [0.25, 0.3) is 0 Å². The van der Waals surface area contributed by atoms with Gasteiger partial charge < -0.3 is 0 Å². The summed E-state index contributed by atoms with van der Waals surface area (Å²) in [6, 6.07) is 7.41. The van der Waals surface area contributed by atoms with Gasteiger partial charge in [-0.1, -0.05) is 17.7 Å². The van der Waals surface area contributed by atoms with Gasteiger partial charge in [-0.05, 0) is 31.2 Å². The Hall–Kier alpha value is -2.13. The van der Waals surface area contributed by atoms with E-state index in [2.05, 4.69) is 5.10 Å². The van der Waals surface area contributed by atoms with Crippen LogP contribution in [0, 0.1) is 18.3 Å². The fourth-order valence-corrected chi connectivity index (χ4v) is 2.82. The number of benzene rings is 1. The molecule has 1 heterocycles. The molecule has 18 heavy (non-hydrogen) atoms. The molecule has 1 aliphatic rings. The first-order valence-electron chi connectivity index (χ1n) is 5.27. The van der Waals surface area contributed by atoms with Gasteiger partial charge in [0.05, 0.1) is 11.0 Å². The molecule has 0 bridgehead atoms. The number of rotatable bonds is 2. The predicted octanol–water partition coefficient (Wildman–Crippen LogP) is 1.43. The average molecular weight is 261 g/mol. The zero-order valence-electron chi connectivity index (χ0n) is 9.69. The lowest BCUT2D eigenvalue weighted by Crippen LogP contribution is -2.35. The molecular weight excluding hydrogens is 250 g/mol. The first-order chi connectivity index (χ1) is 8.55. The molecule has 0 aromatic heterocycles. The fraction of sp³-hybridized carbons (Fsp3) is 0.167. The van der Waals surface area contributed by atoms with Crippen LogP contribution in [0.2, 0.25) is 0 Å². The van der Waals surface area contributed by atoms with E-state index in [1.165, 1.54) is 24.4 Å². The lowest BCUT2D eigenvalue weighted by Gasteiger charge is -2.23. The van der Waals surface area contributed by atoms with E-state index in [4.69, 9.17) is 5.26 Å². The van der Waals surface area contributed by atoms with Crippen LogP contribution in [0.15, 0.2) is 46.4 Å². The zero-order chi connectivity index (χ0) is 13.2. The van der Waals surface area contributed by atoms with Crippen LogP contribution in [0.1, 0.15) is 5.56 Å². The van der Waals surface area contributed by atoms with Gasteiger partial charge in [0, 0.05) is 6.21 Å². The third-order valence-corrected chi connectivity index (χ3v) is 4.18. The van der Waals surface area contributed by atoms with Crippen molar-refractivity contribution >= 4 is 16.2 Å². The van der Waals surface area contributed by atoms with E-state index in [0.717, 1.165) is 9.98 Å². The number of hydrogen-bond acceptors (Lipinski definition) is 4. The minimum Gasteiger partial charge on any atom is -0.200 e. The number of hydrazone groups is 1. The Morgan fingerprint density at radius 2 is 2.00 bits per heavy atom. The van der Waals surface area contributed by atoms with E-state index in [-0.39, 0.29) is 4.90 Å². The molecule has 0 aliphatic carbocycles. The summed E-state index contributed by atoms with van der Waals surface area (Å²) >= 11 is 0. The van der Waals surface area contributed by atoms with Crippen molar-refractivity contribution in [2.45, 2.75) is 17.9 Å². The second kappa shape index (κ2) is 4.63. The SMILES string of the molecule is Cc1ccc(S(=O)(=O)N2N=CC=C[C@@H]2C#N)cc1. The van der Waals surface area contributed by atoms with Crippen LogP contribution in [-0.2, 0) is 10.0 Å². The van der Waals surface area contributed by atoms with E-state index in [0.29, 0.717) is 0 Å². The lowest BCUT2D eigenvalue weighted by molar-refractivity contribution is 0.421. The molecular formula is C12H11N3O2S. The van der Waals surface area contributed by atoms with Crippen LogP contribution in [0.5, 0.6) is 0 Å². The summed E-state index contributed by atoms with van der Waals surface area (Å²) < 4.78 is 25.4. The first-order valence-corrected chi connectivity index (χ1v) is 6.71. The molecule has 0 fully saturated rings. The third-order valence-electron chi connectivity index (χ3n) is 2.50. The number of hydrogen-bond donors (Lipinski definition) is 0. The van der Waals surface area contributed by atoms with Crippen molar-refractivity contribution in [3.63, 3.8) is 0 Å². The van der Waals surface area contributed by atoms with Crippen molar-refractivity contribution in [2.24, 2.45) is 5.10 Å². The summed E-state index contributed by atoms with van der Waals surface area (Å²) in [7, 11) is -3.78. The number of sulfonamides is 1. The molecule has 1 aromatic rings. The molecule has 0 spiro atoms. The molecule has 0 N–H and O–H groups in total. The maximum absolute atomic E-state index is 12.3. The second-order valence-corrected chi connectivity index (χ2v) is 5.61. The minimum atomic E-state index is -3.78. The van der Waals surface area contributed by atoms with Crippen LogP contribution >= 0.6 is 0 Å². The Balaban J connectivity index is 2.43. The molecule has 92 valence electrons. The standard InChI is InChI=1S/C12H11N3O2S/c1-10-4-6-12(7-5-10)18(16,17)15-11(9-13)3-2-8-14-15/h2-8,11H,1H3/t11-/m1/s1. The number of nitriles is 1. The van der Waals surface area contributed by atoms with Crippen LogP contribution in [0.3, 0.4) is 0 Å². The van der Waals surface area contributed by atoms with Gasteiger partial charge in [0.2, 0.25) is 0 Å². The van der Waals surface area contributed by atoms with Gasteiger partial charge in [0.1, 0.15) is 0 Å². The Kier molecular flexibility index (Phi) is 3.17. The van der Waals surface area contributed by atoms with Crippen LogP contribution < -0.4 is 0 Å². The van der Waals surface area contributed by atoms with E-state index < -0.39 is 16.1 Å². The van der Waals surface area contributed by atoms with Crippen molar-refractivity contribution < 1.29 is 8.42 Å². The molecule has 5 nitrogen and oxygen atoms in total. The molecule has 2 rings (SSSR count). The number of aryl methyl sites for hydroxylation is 1. The number of nitrogens with zero attached hydrogens (tertiary/aromatic N) is 3. The topological polar surface area (TPSA) is 73.5 Å². The van der Waals surface area contributed by atoms with Crippen LogP contribution in [-0.4, -0.2) is 25.1 Å². The lowest BCUT2D eigenvalue weighted by atomic mass is 10.2. The van der Waals surface area contributed by atoms with Crippen molar-refractivity contribution in [3.8, 4) is 6.07 Å². The summed E-state index contributed by atoms with van der Waals surface area (Å²) in [5.41, 5.74) is 0.966. The maximum Gasteiger partial charge on any atom is 0.280 e. The monoisotopic (exact) mass is 261 g/mol. The Labute approximate surface area is 106 Å². The largest absolute Gasteiger partial charge is 0.280 e. The highest BCUT2D eigenvalue weighted by atomic mass is 32.2. The van der Waals surface area contributed by atoms with Gasteiger partial charge in [-0.3, -0.25) is 0 Å². The highest BCUT2D eigenvalue weighted by Gasteiger charge is 2.29. The molecule has 1 atom stereocenters. The smallest absolute Gasteiger partial charge is 0.200 e. The average Bonchev–Trinajstić information content (AvgIpc) is 2.39. The van der Waals surface area contributed by atoms with Crippen molar-refractivity contribution in [1.29, 1.82) is 5.26 Å². The number of allylic oxidation sites excluding steroid dienone is 1. The van der Waals surface area contributed by atoms with Gasteiger partial charge in [-0.15, -0.1) is 0 Å². The third kappa shape index (κ3) is 2.13. The summed E-state index contributed by atoms with van der Waals surface area (Å²) in [4.78, 5) is 0.126. The summed E-state index contributed by atoms with van der Waals surface area (Å²) in [5.74, 6) is 0. The van der Waals surface area contributed by atoms with Crippen molar-refractivity contribution in [3.05, 3.63) is 42.0 Å². The molecule has 0 saturated heterocycles. The maximum atomic E-state index is 12.3. The van der Waals surface area contributed by atoms with Crippen molar-refractivity contribution in [2.75, 3.05) is 0 Å². The normalized spacial score (nSPS) is 18.7. The first kappa shape index (κ1) is 12.3. The quantitative estimate of drug-likeness (QED) is 0.808. The fourth-order valence-electron chi connectivity index (χ4n) is 1.53. The van der Waals surface area contributed by atoms with Gasteiger partial charge >= 0.3 is 0 Å². The molecule has 6 heteroatoms. The minimum absolute atomic E-state index is 0.126. The predicted molar refractivity (Wildman–Crippen MR) is 67.2 cm³/mol. The Morgan fingerprint density at radius 3 is 2.61 bits per heavy atom. The van der Waals surface area contributed by atoms with E-state index >= 15 is 0 Å². The summed E-state index contributed by atoms with van der Waals surface area (Å²) in [6.45, 7) is 1.87. The highest BCUT2D eigenvalue weighted by molar-refractivity contribution is 7.89. The molecule has 1 aliphatic heterocycles. The molecule has 0 saturated carbocycles. The van der Waals surface area contributed by atoms with E-state index in [1.54, 1.807) is 18.2 Å². The molecule has 0 radical (unpaired) electrons. The zero-order valence-corrected chi connectivity index (χ0v) is 10.5. The second-order valence-electron chi connectivity index (χ2n) is 3.81. The highest BCUT2D eigenvalue weighted by Crippen LogP contribution is 2.20. The Bertz CT molecular complexity index is 639. The van der Waals surface area contributed by atoms with E-state index in [1.807, 2.05) is 13.0 Å². The van der Waals surface area contributed by atoms with E-state index in [9.17, 15) is 8.42 Å². The summed E-state index contributed by atoms with van der Waals surface area (Å²) in [5, 5.41) is 12.7. The Morgan fingerprint density at radius 1 is 1.33 bits per heavy atom. The molecule has 0 amide bonds. The van der Waals surface area contributed by atoms with Crippen molar-refractivity contribution in [1.82, 2.24) is 4.41 Å². The van der Waals surface area contributed by atoms with Gasteiger partial charge in [-0.25, -0.2) is 0 Å². The van der Waals surface area contributed by atoms with Gasteiger partial charge in [0.15, 0.2) is 6.04 Å². The molecule has 0 unspecified atom stereocenters. The van der Waals surface area contributed by atoms with Crippen LogP contribution in [0.4, 0.5) is 0 Å². The summed E-state index contributed by atoms with van der Waals surface area (Å²) in [6.07, 6.45) is 4.38.